The lowest BCUT2D eigenvalue weighted by molar-refractivity contribution is -0.401. The molecule has 6 fully saturated rings. The van der Waals surface area contributed by atoms with Crippen LogP contribution in [0.5, 0.6) is 0 Å². The van der Waals surface area contributed by atoms with Crippen LogP contribution in [-0.2, 0) is 33.2 Å². The molecule has 19 heteroatoms. The Labute approximate surface area is 365 Å². The number of nitrogens with zero attached hydrogens (tertiary/aromatic N) is 5. The molecule has 0 radical (unpaired) electrons. The third-order valence-corrected chi connectivity index (χ3v) is 14.4. The zero-order valence-electron chi connectivity index (χ0n) is 37.3. The molecule has 3 saturated heterocycles. The van der Waals surface area contributed by atoms with Crippen LogP contribution < -0.4 is 5.32 Å². The molecule has 0 spiro atoms. The van der Waals surface area contributed by atoms with Gasteiger partial charge in [0.1, 0.15) is 0 Å². The van der Waals surface area contributed by atoms with Crippen LogP contribution in [0, 0.1) is 77.7 Å². The Morgan fingerprint density at radius 3 is 1.26 bits per heavy atom. The molecule has 10 unspecified atom stereocenters. The first-order valence-electron chi connectivity index (χ1n) is 22.6. The maximum absolute atomic E-state index is 12.5. The van der Waals surface area contributed by atoms with Gasteiger partial charge in [-0.2, -0.15) is 0 Å². The van der Waals surface area contributed by atoms with Crippen LogP contribution in [0.2, 0.25) is 0 Å². The summed E-state index contributed by atoms with van der Waals surface area (Å²) < 4.78 is 44.2. The second-order valence-electron chi connectivity index (χ2n) is 18.4. The largest absolute Gasteiger partial charge is 0.381 e. The van der Waals surface area contributed by atoms with Crippen molar-refractivity contribution in [3.05, 3.63) is 42.5 Å². The van der Waals surface area contributed by atoms with Gasteiger partial charge in [0.2, 0.25) is 0 Å². The average Bonchev–Trinajstić information content (AvgIpc) is 3.23. The molecule has 6 aliphatic rings. The number of anilines is 1. The van der Waals surface area contributed by atoms with Crippen molar-refractivity contribution in [1.82, 2.24) is 9.80 Å². The van der Waals surface area contributed by atoms with Crippen LogP contribution in [0.4, 0.5) is 22.7 Å². The summed E-state index contributed by atoms with van der Waals surface area (Å²) in [5.74, 6) is 0.834. The fourth-order valence-corrected chi connectivity index (χ4v) is 12.0. The van der Waals surface area contributed by atoms with Gasteiger partial charge < -0.3 is 38.5 Å². The van der Waals surface area contributed by atoms with Crippen LogP contribution in [0.3, 0.4) is 0 Å². The smallest absolute Gasteiger partial charge is 0.306 e. The second-order valence-corrected chi connectivity index (χ2v) is 18.4. The van der Waals surface area contributed by atoms with Gasteiger partial charge in [-0.15, -0.1) is 0 Å². The van der Waals surface area contributed by atoms with Crippen LogP contribution in [0.1, 0.15) is 52.4 Å². The fourth-order valence-electron chi connectivity index (χ4n) is 12.0. The van der Waals surface area contributed by atoms with Crippen molar-refractivity contribution in [2.45, 2.75) is 76.7 Å². The van der Waals surface area contributed by atoms with Crippen molar-refractivity contribution in [2.24, 2.45) is 47.3 Å². The van der Waals surface area contributed by atoms with Crippen LogP contribution in [-0.4, -0.2) is 162 Å². The molecule has 3 aliphatic carbocycles. The van der Waals surface area contributed by atoms with E-state index >= 15 is 0 Å². The summed E-state index contributed by atoms with van der Waals surface area (Å²) in [5.41, 5.74) is -2.45. The second kappa shape index (κ2) is 23.2. The molecule has 0 aromatic heterocycles. The minimum atomic E-state index is -0.847. The number of nitro benzene ring substituents is 3. The van der Waals surface area contributed by atoms with Crippen molar-refractivity contribution in [1.29, 1.82) is 0 Å². The third kappa shape index (κ3) is 12.1. The van der Waals surface area contributed by atoms with E-state index in [1.54, 1.807) is 21.3 Å². The lowest BCUT2D eigenvalue weighted by Crippen LogP contribution is -2.57. The molecule has 1 aromatic rings. The predicted molar refractivity (Wildman–Crippen MR) is 229 cm³/mol. The van der Waals surface area contributed by atoms with Gasteiger partial charge in [0, 0.05) is 66.6 Å². The maximum Gasteiger partial charge on any atom is 0.306 e. The quantitative estimate of drug-likeness (QED) is 0.260. The van der Waals surface area contributed by atoms with E-state index < -0.39 is 37.9 Å². The number of nitrogens with one attached hydrogen (secondary N) is 1. The molecular weight excluding hydrogens is 809 g/mol. The van der Waals surface area contributed by atoms with Gasteiger partial charge in [0.05, 0.1) is 98.1 Å². The van der Waals surface area contributed by atoms with Crippen molar-refractivity contribution < 1.29 is 47.9 Å². The molecule has 3 saturated carbocycles. The molecule has 7 rings (SSSR count). The summed E-state index contributed by atoms with van der Waals surface area (Å²) in [7, 11) is 5.33. The summed E-state index contributed by atoms with van der Waals surface area (Å²) in [4.78, 5) is 39.2. The van der Waals surface area contributed by atoms with Gasteiger partial charge in [-0.25, -0.2) is 0 Å². The van der Waals surface area contributed by atoms with Gasteiger partial charge >= 0.3 is 11.4 Å². The highest BCUT2D eigenvalue weighted by Crippen LogP contribution is 2.52. The molecule has 350 valence electrons. The first-order chi connectivity index (χ1) is 29.9. The Hall–Kier alpha value is -3.14. The zero-order chi connectivity index (χ0) is 44.3. The van der Waals surface area contributed by atoms with Gasteiger partial charge in [-0.05, 0) is 85.9 Å². The maximum atomic E-state index is 12.5. The SMILES string of the molecule is COC1C2CC(C)CC1C1CC(Nc3c([N+](=O)[O-])cc([N+](=O)[O-])cc3[N+](=O)[O-])CC(C3CC(C)CC(CN4CCOCCOCCN(CCOCCOCC4)C2)C3OC)C1OC. The van der Waals surface area contributed by atoms with E-state index in [4.69, 9.17) is 33.2 Å². The molecule has 1 N–H and O–H groups in total. The lowest BCUT2D eigenvalue weighted by atomic mass is 9.57. The normalized spacial score (nSPS) is 37.1. The Kier molecular flexibility index (Phi) is 18.1. The van der Waals surface area contributed by atoms with Gasteiger partial charge in [0.15, 0.2) is 5.69 Å². The van der Waals surface area contributed by atoms with E-state index in [9.17, 15) is 30.3 Å². The minimum Gasteiger partial charge on any atom is -0.381 e. The molecule has 10 atom stereocenters. The van der Waals surface area contributed by atoms with Crippen molar-refractivity contribution >= 4 is 22.7 Å². The van der Waals surface area contributed by atoms with Crippen LogP contribution in [0.25, 0.3) is 0 Å². The predicted octanol–water partition coefficient (Wildman–Crippen LogP) is 5.29. The number of rotatable bonds is 8. The Balaban J connectivity index is 1.46. The Bertz CT molecular complexity index is 1510. The molecule has 19 nitrogen and oxygen atoms in total. The van der Waals surface area contributed by atoms with E-state index in [0.29, 0.717) is 104 Å². The van der Waals surface area contributed by atoms with E-state index in [1.807, 2.05) is 0 Å². The van der Waals surface area contributed by atoms with E-state index in [1.165, 1.54) is 0 Å². The summed E-state index contributed by atoms with van der Waals surface area (Å²) in [6, 6.07) is 1.13. The molecule has 62 heavy (non-hydrogen) atoms. The lowest BCUT2D eigenvalue weighted by Gasteiger charge is -2.54. The Morgan fingerprint density at radius 1 is 0.548 bits per heavy atom. The highest BCUT2D eigenvalue weighted by Gasteiger charge is 2.53. The van der Waals surface area contributed by atoms with Crippen LogP contribution in [0.15, 0.2) is 12.1 Å². The number of fused-ring (bicyclic) bond motifs is 14. The summed E-state index contributed by atoms with van der Waals surface area (Å²) in [5, 5.41) is 40.1. The number of methoxy groups -OCH3 is 3. The topological polar surface area (TPSA) is 213 Å². The number of non-ortho nitro benzene ring substituents is 1. The summed E-state index contributed by atoms with van der Waals surface area (Å²) >= 11 is 0. The summed E-state index contributed by atoms with van der Waals surface area (Å²) in [6.07, 6.45) is 4.08. The monoisotopic (exact) mass is 879 g/mol. The van der Waals surface area contributed by atoms with Crippen LogP contribution >= 0.6 is 0 Å². The minimum absolute atomic E-state index is 0.0211. The van der Waals surface area contributed by atoms with E-state index in [-0.39, 0.29) is 59.5 Å². The first-order valence-corrected chi connectivity index (χ1v) is 22.6. The Morgan fingerprint density at radius 2 is 0.919 bits per heavy atom. The van der Waals surface area contributed by atoms with E-state index in [2.05, 4.69) is 29.0 Å². The zero-order valence-corrected chi connectivity index (χ0v) is 37.3. The molecule has 3 heterocycles. The van der Waals surface area contributed by atoms with Crippen molar-refractivity contribution in [3.63, 3.8) is 0 Å². The van der Waals surface area contributed by atoms with E-state index in [0.717, 1.165) is 50.9 Å². The summed E-state index contributed by atoms with van der Waals surface area (Å²) in [6.45, 7) is 13.2. The molecule has 1 aromatic carbocycles. The number of nitro groups is 3. The highest BCUT2D eigenvalue weighted by atomic mass is 16.6. The number of hydrogen-bond acceptors (Lipinski definition) is 16. The van der Waals surface area contributed by atoms with Gasteiger partial charge in [0.25, 0.3) is 5.69 Å². The van der Waals surface area contributed by atoms with Crippen molar-refractivity contribution in [2.75, 3.05) is 119 Å². The number of ether oxygens (including phenoxy) is 7. The highest BCUT2D eigenvalue weighted by molar-refractivity contribution is 5.77. The first kappa shape index (κ1) is 48.3. The number of benzene rings is 1. The fraction of sp³-hybridized carbons (Fsp3) is 0.860. The molecule has 8 bridgehead atoms. The van der Waals surface area contributed by atoms with Gasteiger partial charge in [-0.3, -0.25) is 40.1 Å². The van der Waals surface area contributed by atoms with Crippen molar-refractivity contribution in [3.8, 4) is 0 Å². The average molecular weight is 879 g/mol. The standard InChI is InChI=1S/C43H70N6O13/c1-28-18-30-26-45-6-10-59-14-16-61-12-8-46(9-13-62-17-15-60-11-7-45)27-31-19-29(2)21-35(42(31)57-4)37-23-32(22-36(43(37)58-5)34(20-28)41(30)56-3)44-40-38(48(52)53)24-33(47(50)51)25-39(40)49(54)55/h24-25,28-32,34-37,41-44H,6-23,26-27H2,1-5H3. The van der Waals surface area contributed by atoms with Gasteiger partial charge in [-0.1, -0.05) is 13.8 Å². The number of hydrogen-bond donors (Lipinski definition) is 1. The molecule has 3 aliphatic heterocycles. The molecule has 0 amide bonds. The third-order valence-electron chi connectivity index (χ3n) is 14.4. The molecular formula is C43H70N6O13.